The molecule has 2 aliphatic rings. The lowest BCUT2D eigenvalue weighted by Gasteiger charge is -2.30. The molecule has 4 aromatic rings. The van der Waals surface area contributed by atoms with Crippen molar-refractivity contribution in [3.05, 3.63) is 87.2 Å². The summed E-state index contributed by atoms with van der Waals surface area (Å²) in [7, 11) is 0. The third-order valence-electron chi connectivity index (χ3n) is 5.74. The first kappa shape index (κ1) is 19.2. The van der Waals surface area contributed by atoms with E-state index in [4.69, 9.17) is 30.2 Å². The van der Waals surface area contributed by atoms with Crippen molar-refractivity contribution in [1.29, 1.82) is 0 Å². The highest BCUT2D eigenvalue weighted by Gasteiger charge is 2.26. The Morgan fingerprint density at radius 1 is 0.938 bits per heavy atom. The Balaban J connectivity index is 1.41. The van der Waals surface area contributed by atoms with E-state index in [0.717, 1.165) is 39.1 Å². The highest BCUT2D eigenvalue weighted by molar-refractivity contribution is 6.33. The number of nitrogens with zero attached hydrogens (tertiary/aromatic N) is 1. The first-order valence-corrected chi connectivity index (χ1v) is 10.6. The largest absolute Gasteiger partial charge is 0.476 e. The fourth-order valence-corrected chi connectivity index (χ4v) is 4.57. The van der Waals surface area contributed by atoms with Crippen molar-refractivity contribution >= 4 is 22.6 Å². The van der Waals surface area contributed by atoms with Crippen molar-refractivity contribution in [2.24, 2.45) is 0 Å². The zero-order chi connectivity index (χ0) is 21.7. The number of rotatable bonds is 3. The Hall–Kier alpha value is -3.48. The standard InChI is InChI=1S/C25H18ClNO5/c26-20-9-18-17(16-4-2-1-3-5-16)10-23(28)32-24(18)19-12-27(13-29-25(19)20)11-15-6-7-21-22(8-15)31-14-30-21/h1-10H,11-14H2. The fraction of sp³-hybridized carbons (Fsp3) is 0.160. The minimum atomic E-state index is -0.409. The molecule has 0 fully saturated rings. The highest BCUT2D eigenvalue weighted by atomic mass is 35.5. The molecule has 0 saturated carbocycles. The van der Waals surface area contributed by atoms with Crippen molar-refractivity contribution in [1.82, 2.24) is 4.90 Å². The zero-order valence-electron chi connectivity index (χ0n) is 17.0. The molecule has 0 radical (unpaired) electrons. The lowest BCUT2D eigenvalue weighted by Crippen LogP contribution is -2.32. The normalized spacial score (nSPS) is 14.9. The van der Waals surface area contributed by atoms with E-state index in [1.54, 1.807) is 0 Å². The number of hydrogen-bond acceptors (Lipinski definition) is 6. The molecule has 0 bridgehead atoms. The highest BCUT2D eigenvalue weighted by Crippen LogP contribution is 2.41. The van der Waals surface area contributed by atoms with Gasteiger partial charge in [0, 0.05) is 24.5 Å². The minimum absolute atomic E-state index is 0.242. The van der Waals surface area contributed by atoms with Crippen LogP contribution in [0.15, 0.2) is 69.9 Å². The zero-order valence-corrected chi connectivity index (χ0v) is 17.7. The molecule has 6 rings (SSSR count). The van der Waals surface area contributed by atoms with E-state index in [9.17, 15) is 4.79 Å². The van der Waals surface area contributed by atoms with E-state index in [1.807, 2.05) is 54.6 Å². The summed E-state index contributed by atoms with van der Waals surface area (Å²) >= 11 is 6.60. The molecule has 3 aromatic carbocycles. The second-order valence-corrected chi connectivity index (χ2v) is 8.24. The van der Waals surface area contributed by atoms with Gasteiger partial charge in [-0.15, -0.1) is 0 Å². The number of halogens is 1. The summed E-state index contributed by atoms with van der Waals surface area (Å²) in [6, 6.07) is 18.9. The second-order valence-electron chi connectivity index (χ2n) is 7.84. The summed E-state index contributed by atoms with van der Waals surface area (Å²) in [5.41, 5.74) is 3.65. The fourth-order valence-electron chi connectivity index (χ4n) is 4.29. The molecule has 1 aromatic heterocycles. The van der Waals surface area contributed by atoms with Crippen LogP contribution in [0.25, 0.3) is 22.1 Å². The lowest BCUT2D eigenvalue weighted by molar-refractivity contribution is 0.0890. The van der Waals surface area contributed by atoms with E-state index in [0.29, 0.717) is 36.2 Å². The SMILES string of the molecule is O=c1cc(-c2ccccc2)c2cc(Cl)c3c(c2o1)CN(Cc1ccc2c(c1)OCO2)CO3. The molecule has 0 spiro atoms. The predicted octanol–water partition coefficient (Wildman–Crippen LogP) is 5.19. The lowest BCUT2D eigenvalue weighted by atomic mass is 9.99. The Morgan fingerprint density at radius 2 is 1.78 bits per heavy atom. The second kappa shape index (κ2) is 7.58. The molecule has 0 aliphatic carbocycles. The molecule has 32 heavy (non-hydrogen) atoms. The first-order valence-electron chi connectivity index (χ1n) is 10.2. The summed E-state index contributed by atoms with van der Waals surface area (Å²) in [6.07, 6.45) is 0. The van der Waals surface area contributed by atoms with Gasteiger partial charge in [-0.1, -0.05) is 48.0 Å². The van der Waals surface area contributed by atoms with Crippen LogP contribution in [0.5, 0.6) is 17.2 Å². The first-order chi connectivity index (χ1) is 15.7. The number of fused-ring (bicyclic) bond motifs is 4. The third-order valence-corrected chi connectivity index (χ3v) is 6.02. The molecule has 6 nitrogen and oxygen atoms in total. The summed E-state index contributed by atoms with van der Waals surface area (Å²) < 4.78 is 22.6. The maximum absolute atomic E-state index is 12.4. The molecule has 0 atom stereocenters. The molecular weight excluding hydrogens is 430 g/mol. The van der Waals surface area contributed by atoms with Crippen molar-refractivity contribution in [3.8, 4) is 28.4 Å². The van der Waals surface area contributed by atoms with Gasteiger partial charge in [0.2, 0.25) is 6.79 Å². The Kier molecular flexibility index (Phi) is 4.56. The van der Waals surface area contributed by atoms with Crippen molar-refractivity contribution in [3.63, 3.8) is 0 Å². The van der Waals surface area contributed by atoms with Crippen LogP contribution in [0.2, 0.25) is 5.02 Å². The molecule has 0 saturated heterocycles. The molecule has 3 heterocycles. The number of hydrogen-bond donors (Lipinski definition) is 0. The molecule has 7 heteroatoms. The van der Waals surface area contributed by atoms with Crippen LogP contribution >= 0.6 is 11.6 Å². The van der Waals surface area contributed by atoms with Gasteiger partial charge < -0.3 is 18.6 Å². The average molecular weight is 448 g/mol. The van der Waals surface area contributed by atoms with Gasteiger partial charge >= 0.3 is 5.63 Å². The summed E-state index contributed by atoms with van der Waals surface area (Å²) in [4.78, 5) is 14.6. The Bertz CT molecular complexity index is 1400. The van der Waals surface area contributed by atoms with Gasteiger partial charge in [0.05, 0.1) is 10.6 Å². The molecule has 0 amide bonds. The van der Waals surface area contributed by atoms with Crippen molar-refractivity contribution < 1.29 is 18.6 Å². The van der Waals surface area contributed by atoms with Gasteiger partial charge in [-0.05, 0) is 34.9 Å². The van der Waals surface area contributed by atoms with Gasteiger partial charge in [-0.2, -0.15) is 0 Å². The molecule has 2 aliphatic heterocycles. The molecule has 0 unspecified atom stereocenters. The maximum Gasteiger partial charge on any atom is 0.336 e. The maximum atomic E-state index is 12.4. The smallest absolute Gasteiger partial charge is 0.336 e. The molecule has 160 valence electrons. The third kappa shape index (κ3) is 3.28. The van der Waals surface area contributed by atoms with Crippen LogP contribution in [0.1, 0.15) is 11.1 Å². The van der Waals surface area contributed by atoms with E-state index < -0.39 is 5.63 Å². The topological polar surface area (TPSA) is 61.1 Å². The van der Waals surface area contributed by atoms with Crippen LogP contribution in [0, 0.1) is 0 Å². The van der Waals surface area contributed by atoms with E-state index >= 15 is 0 Å². The summed E-state index contributed by atoms with van der Waals surface area (Å²) in [5.74, 6) is 2.06. The van der Waals surface area contributed by atoms with Gasteiger partial charge in [-0.3, -0.25) is 4.90 Å². The number of ether oxygens (including phenoxy) is 3. The van der Waals surface area contributed by atoms with E-state index in [2.05, 4.69) is 4.90 Å². The van der Waals surface area contributed by atoms with Crippen LogP contribution in [-0.4, -0.2) is 18.4 Å². The monoisotopic (exact) mass is 447 g/mol. The van der Waals surface area contributed by atoms with Gasteiger partial charge in [0.15, 0.2) is 11.5 Å². The molecule has 0 N–H and O–H groups in total. The van der Waals surface area contributed by atoms with Crippen LogP contribution in [-0.2, 0) is 13.1 Å². The van der Waals surface area contributed by atoms with Crippen molar-refractivity contribution in [2.45, 2.75) is 13.1 Å². The average Bonchev–Trinajstić information content (AvgIpc) is 3.28. The summed E-state index contributed by atoms with van der Waals surface area (Å²) in [6.45, 7) is 1.77. The summed E-state index contributed by atoms with van der Waals surface area (Å²) in [5, 5.41) is 1.29. The molecular formula is C25H18ClNO5. The van der Waals surface area contributed by atoms with E-state index in [1.165, 1.54) is 6.07 Å². The van der Waals surface area contributed by atoms with Crippen molar-refractivity contribution in [2.75, 3.05) is 13.5 Å². The Labute approximate surface area is 188 Å². The van der Waals surface area contributed by atoms with Crippen LogP contribution < -0.4 is 19.8 Å². The van der Waals surface area contributed by atoms with E-state index in [-0.39, 0.29) is 6.79 Å². The van der Waals surface area contributed by atoms with Crippen LogP contribution in [0.4, 0.5) is 0 Å². The predicted molar refractivity (Wildman–Crippen MR) is 120 cm³/mol. The quantitative estimate of drug-likeness (QED) is 0.402. The van der Waals surface area contributed by atoms with Gasteiger partial charge in [-0.25, -0.2) is 4.79 Å². The van der Waals surface area contributed by atoms with Crippen LogP contribution in [0.3, 0.4) is 0 Å². The van der Waals surface area contributed by atoms with Gasteiger partial charge in [0.1, 0.15) is 18.1 Å². The Morgan fingerprint density at radius 3 is 2.66 bits per heavy atom. The van der Waals surface area contributed by atoms with Gasteiger partial charge in [0.25, 0.3) is 0 Å². The minimum Gasteiger partial charge on any atom is -0.476 e. The number of benzene rings is 3.